The minimum Gasteiger partial charge on any atom is -0.393 e. The molecule has 2 unspecified atom stereocenters. The van der Waals surface area contributed by atoms with Crippen molar-refractivity contribution in [2.75, 3.05) is 18.8 Å². The highest BCUT2D eigenvalue weighted by Crippen LogP contribution is 2.20. The summed E-state index contributed by atoms with van der Waals surface area (Å²) in [7, 11) is -3.22. The van der Waals surface area contributed by atoms with Gasteiger partial charge in [0.05, 0.1) is 11.9 Å². The Bertz CT molecular complexity index is 501. The molecule has 1 aliphatic heterocycles. The van der Waals surface area contributed by atoms with Crippen LogP contribution in [0.4, 0.5) is 0 Å². The van der Waals surface area contributed by atoms with Crippen molar-refractivity contribution in [2.45, 2.75) is 25.9 Å². The largest absolute Gasteiger partial charge is 0.393 e. The molecule has 1 fully saturated rings. The smallest absolute Gasteiger partial charge is 0.214 e. The van der Waals surface area contributed by atoms with Crippen LogP contribution in [0, 0.1) is 5.92 Å². The predicted octanol–water partition coefficient (Wildman–Crippen LogP) is 1.26. The summed E-state index contributed by atoms with van der Waals surface area (Å²) >= 11 is 0. The normalized spacial score (nSPS) is 25.4. The molecule has 0 saturated carbocycles. The van der Waals surface area contributed by atoms with E-state index in [1.165, 1.54) is 4.31 Å². The highest BCUT2D eigenvalue weighted by atomic mass is 32.2. The molecule has 1 N–H and O–H groups in total. The summed E-state index contributed by atoms with van der Waals surface area (Å²) in [5.74, 6) is 0.153. The molecule has 19 heavy (non-hydrogen) atoms. The van der Waals surface area contributed by atoms with Crippen LogP contribution < -0.4 is 0 Å². The number of nitrogens with zero attached hydrogens (tertiary/aromatic N) is 1. The van der Waals surface area contributed by atoms with Gasteiger partial charge in [0.2, 0.25) is 10.0 Å². The van der Waals surface area contributed by atoms with Gasteiger partial charge in [0.1, 0.15) is 0 Å². The molecule has 4 nitrogen and oxygen atoms in total. The molecule has 0 radical (unpaired) electrons. The van der Waals surface area contributed by atoms with Crippen LogP contribution >= 0.6 is 0 Å². The third-order valence-electron chi connectivity index (χ3n) is 3.71. The average Bonchev–Trinajstić information content (AvgIpc) is 2.41. The molecule has 0 spiro atoms. The van der Waals surface area contributed by atoms with Crippen LogP contribution in [0.3, 0.4) is 0 Å². The molecule has 0 aliphatic carbocycles. The molecule has 1 heterocycles. The van der Waals surface area contributed by atoms with Gasteiger partial charge in [-0.1, -0.05) is 37.3 Å². The van der Waals surface area contributed by atoms with Crippen molar-refractivity contribution in [3.63, 3.8) is 0 Å². The standard InChI is InChI=1S/C14H21NO3S/c1-12-11-15(9-7-14(12)16)19(17,18)10-8-13-5-3-2-4-6-13/h2-6,12,14,16H,7-11H2,1H3. The van der Waals surface area contributed by atoms with Crippen molar-refractivity contribution >= 4 is 10.0 Å². The van der Waals surface area contributed by atoms with Crippen LogP contribution in [0.1, 0.15) is 18.9 Å². The van der Waals surface area contributed by atoms with Crippen LogP contribution in [0.5, 0.6) is 0 Å². The van der Waals surface area contributed by atoms with E-state index in [9.17, 15) is 13.5 Å². The minimum absolute atomic E-state index is 0.0141. The molecular formula is C14H21NO3S. The number of aryl methyl sites for hydroxylation is 1. The SMILES string of the molecule is CC1CN(S(=O)(=O)CCc2ccccc2)CCC1O. The number of sulfonamides is 1. The molecule has 1 saturated heterocycles. The van der Waals surface area contributed by atoms with Crippen molar-refractivity contribution in [2.24, 2.45) is 5.92 Å². The topological polar surface area (TPSA) is 57.6 Å². The number of aliphatic hydroxyl groups excluding tert-OH is 1. The van der Waals surface area contributed by atoms with Gasteiger partial charge in [0, 0.05) is 13.1 Å². The molecule has 0 bridgehead atoms. The van der Waals surface area contributed by atoms with Crippen molar-refractivity contribution < 1.29 is 13.5 Å². The minimum atomic E-state index is -3.22. The lowest BCUT2D eigenvalue weighted by atomic mass is 9.99. The Kier molecular flexibility index (Phi) is 4.60. The number of piperidine rings is 1. The fourth-order valence-electron chi connectivity index (χ4n) is 2.37. The van der Waals surface area contributed by atoms with Crippen molar-refractivity contribution in [1.29, 1.82) is 0 Å². The second kappa shape index (κ2) is 6.03. The van der Waals surface area contributed by atoms with E-state index in [1.807, 2.05) is 37.3 Å². The van der Waals surface area contributed by atoms with Gasteiger partial charge >= 0.3 is 0 Å². The molecule has 0 aromatic heterocycles. The van der Waals surface area contributed by atoms with Gasteiger partial charge in [0.15, 0.2) is 0 Å². The summed E-state index contributed by atoms with van der Waals surface area (Å²) in [6.45, 7) is 2.75. The zero-order chi connectivity index (χ0) is 13.9. The molecule has 106 valence electrons. The Morgan fingerprint density at radius 2 is 2.00 bits per heavy atom. The quantitative estimate of drug-likeness (QED) is 0.905. The van der Waals surface area contributed by atoms with Crippen molar-refractivity contribution in [3.05, 3.63) is 35.9 Å². The van der Waals surface area contributed by atoms with E-state index in [1.54, 1.807) is 0 Å². The van der Waals surface area contributed by atoms with Gasteiger partial charge in [-0.2, -0.15) is 0 Å². The Hall–Kier alpha value is -0.910. The molecular weight excluding hydrogens is 262 g/mol. The first-order valence-corrected chi connectivity index (χ1v) is 8.30. The van der Waals surface area contributed by atoms with Crippen LogP contribution in [0.15, 0.2) is 30.3 Å². The highest BCUT2D eigenvalue weighted by molar-refractivity contribution is 7.89. The van der Waals surface area contributed by atoms with E-state index >= 15 is 0 Å². The summed E-state index contributed by atoms with van der Waals surface area (Å²) < 4.78 is 26.0. The second-order valence-corrected chi connectivity index (χ2v) is 7.33. The van der Waals surface area contributed by atoms with Gasteiger partial charge in [-0.15, -0.1) is 0 Å². The van der Waals surface area contributed by atoms with Gasteiger partial charge in [-0.3, -0.25) is 0 Å². The number of aliphatic hydroxyl groups is 1. The van der Waals surface area contributed by atoms with E-state index < -0.39 is 10.0 Å². The van der Waals surface area contributed by atoms with E-state index in [4.69, 9.17) is 0 Å². The maximum absolute atomic E-state index is 12.3. The van der Waals surface area contributed by atoms with Gasteiger partial charge in [0.25, 0.3) is 0 Å². The number of benzene rings is 1. The molecule has 0 amide bonds. The van der Waals surface area contributed by atoms with E-state index in [-0.39, 0.29) is 17.8 Å². The summed E-state index contributed by atoms with van der Waals surface area (Å²) in [5, 5.41) is 9.65. The summed E-state index contributed by atoms with van der Waals surface area (Å²) in [5.41, 5.74) is 1.04. The fourth-order valence-corrected chi connectivity index (χ4v) is 3.97. The molecule has 2 rings (SSSR count). The third-order valence-corrected chi connectivity index (χ3v) is 5.55. The molecule has 5 heteroatoms. The van der Waals surface area contributed by atoms with Crippen molar-refractivity contribution in [1.82, 2.24) is 4.31 Å². The lowest BCUT2D eigenvalue weighted by Gasteiger charge is -2.33. The van der Waals surface area contributed by atoms with Crippen LogP contribution in [0.25, 0.3) is 0 Å². The maximum atomic E-state index is 12.3. The summed E-state index contributed by atoms with van der Waals surface area (Å²) in [6.07, 6.45) is 0.697. The van der Waals surface area contributed by atoms with Gasteiger partial charge < -0.3 is 5.11 Å². The highest BCUT2D eigenvalue weighted by Gasteiger charge is 2.31. The van der Waals surface area contributed by atoms with Crippen LogP contribution in [0.2, 0.25) is 0 Å². The fraction of sp³-hybridized carbons (Fsp3) is 0.571. The number of rotatable bonds is 4. The molecule has 2 atom stereocenters. The first kappa shape index (κ1) is 14.5. The van der Waals surface area contributed by atoms with Crippen LogP contribution in [-0.4, -0.2) is 42.8 Å². The van der Waals surface area contributed by atoms with E-state index in [2.05, 4.69) is 0 Å². The molecule has 1 aromatic rings. The van der Waals surface area contributed by atoms with Crippen molar-refractivity contribution in [3.8, 4) is 0 Å². The number of hydrogen-bond acceptors (Lipinski definition) is 3. The zero-order valence-corrected chi connectivity index (χ0v) is 12.0. The maximum Gasteiger partial charge on any atom is 0.214 e. The molecule has 1 aromatic carbocycles. The Morgan fingerprint density at radius 3 is 2.63 bits per heavy atom. The lowest BCUT2D eigenvalue weighted by Crippen LogP contribution is -2.45. The zero-order valence-electron chi connectivity index (χ0n) is 11.2. The third kappa shape index (κ3) is 3.78. The Morgan fingerprint density at radius 1 is 1.32 bits per heavy atom. The number of hydrogen-bond donors (Lipinski definition) is 1. The average molecular weight is 283 g/mol. The van der Waals surface area contributed by atoms with Crippen LogP contribution in [-0.2, 0) is 16.4 Å². The Balaban J connectivity index is 1.95. The van der Waals surface area contributed by atoms with E-state index in [0.717, 1.165) is 5.56 Å². The monoisotopic (exact) mass is 283 g/mol. The van der Waals surface area contributed by atoms with E-state index in [0.29, 0.717) is 25.9 Å². The summed E-state index contributed by atoms with van der Waals surface area (Å²) in [4.78, 5) is 0. The lowest BCUT2D eigenvalue weighted by molar-refractivity contribution is 0.0629. The second-order valence-electron chi connectivity index (χ2n) is 5.24. The molecule has 1 aliphatic rings. The summed E-state index contributed by atoms with van der Waals surface area (Å²) in [6, 6.07) is 9.64. The van der Waals surface area contributed by atoms with Gasteiger partial charge in [-0.05, 0) is 24.3 Å². The first-order chi connectivity index (χ1) is 8.99. The van der Waals surface area contributed by atoms with Gasteiger partial charge in [-0.25, -0.2) is 12.7 Å². The Labute approximate surface area is 115 Å². The first-order valence-electron chi connectivity index (χ1n) is 6.69. The predicted molar refractivity (Wildman–Crippen MR) is 75.3 cm³/mol.